The third-order valence-corrected chi connectivity index (χ3v) is 7.81. The van der Waals surface area contributed by atoms with Crippen molar-refractivity contribution in [2.45, 2.75) is 93.0 Å². The van der Waals surface area contributed by atoms with Gasteiger partial charge >= 0.3 is 5.95 Å². The summed E-state index contributed by atoms with van der Waals surface area (Å²) in [5.41, 5.74) is 4.58. The van der Waals surface area contributed by atoms with Crippen molar-refractivity contribution in [1.82, 2.24) is 9.55 Å². The molecule has 234 valence electrons. The minimum Gasteiger partial charge on any atom is -0.496 e. The molecule has 0 aliphatic carbocycles. The summed E-state index contributed by atoms with van der Waals surface area (Å²) in [6.07, 6.45) is 6.12. The number of benzene rings is 2. The Kier molecular flexibility index (Phi) is 15.3. The van der Waals surface area contributed by atoms with Crippen LogP contribution in [-0.4, -0.2) is 40.4 Å². The van der Waals surface area contributed by atoms with Crippen LogP contribution in [0.15, 0.2) is 48.8 Å². The minimum absolute atomic E-state index is 0.176. The van der Waals surface area contributed by atoms with Gasteiger partial charge in [0, 0.05) is 0 Å². The van der Waals surface area contributed by atoms with Crippen LogP contribution < -0.4 is 9.47 Å². The van der Waals surface area contributed by atoms with Crippen LogP contribution in [0.25, 0.3) is 0 Å². The van der Waals surface area contributed by atoms with E-state index in [1.807, 2.05) is 13.8 Å². The van der Waals surface area contributed by atoms with Crippen molar-refractivity contribution in [2.75, 3.05) is 20.8 Å². The Bertz CT molecular complexity index is 1240. The molecule has 0 aliphatic rings. The van der Waals surface area contributed by atoms with Gasteiger partial charge in [-0.3, -0.25) is 0 Å². The Balaban J connectivity index is 0.000000491. The zero-order valence-electron chi connectivity index (χ0n) is 27.6. The fourth-order valence-corrected chi connectivity index (χ4v) is 4.70. The van der Waals surface area contributed by atoms with E-state index in [9.17, 15) is 10.1 Å². The van der Waals surface area contributed by atoms with Crippen LogP contribution >= 0.6 is 0 Å². The van der Waals surface area contributed by atoms with Crippen molar-refractivity contribution in [3.05, 3.63) is 81.2 Å². The van der Waals surface area contributed by atoms with Crippen LogP contribution in [0.5, 0.6) is 11.5 Å². The average molecular weight is 584 g/mol. The van der Waals surface area contributed by atoms with E-state index in [2.05, 4.69) is 76.0 Å². The molecule has 0 radical (unpaired) electrons. The standard InChI is InChI=1S/C25H36O2.C7H11N3O3.C2H6/c1-8-17(2)23-11-9-22(16-25(23)27-7)14-19(4)18(3)13-21-10-12-24(26-6)20(5)15-21;1-7(2,5-11)9-4-3-8-6(9)10(12)13;1-2/h9-12,15-19H,8,13-14H2,1-7H3;3-4,11H,5H2,1-2H3;1-2H3. The van der Waals surface area contributed by atoms with Crippen molar-refractivity contribution < 1.29 is 19.5 Å². The number of nitrogens with zero attached hydrogens (tertiary/aromatic N) is 3. The lowest BCUT2D eigenvalue weighted by Gasteiger charge is -2.22. The van der Waals surface area contributed by atoms with E-state index in [0.717, 1.165) is 30.8 Å². The highest BCUT2D eigenvalue weighted by molar-refractivity contribution is 5.40. The monoisotopic (exact) mass is 583 g/mol. The van der Waals surface area contributed by atoms with Gasteiger partial charge in [0.1, 0.15) is 29.4 Å². The van der Waals surface area contributed by atoms with E-state index in [-0.39, 0.29) is 12.6 Å². The zero-order valence-corrected chi connectivity index (χ0v) is 27.6. The molecule has 8 heteroatoms. The first-order chi connectivity index (χ1) is 19.9. The molecule has 1 aromatic heterocycles. The minimum atomic E-state index is -0.696. The van der Waals surface area contributed by atoms with Gasteiger partial charge in [-0.05, 0) is 97.1 Å². The van der Waals surface area contributed by atoms with Crippen molar-refractivity contribution in [3.8, 4) is 11.5 Å². The van der Waals surface area contributed by atoms with Crippen LogP contribution in [0.2, 0.25) is 0 Å². The van der Waals surface area contributed by atoms with E-state index in [1.54, 1.807) is 28.1 Å². The quantitative estimate of drug-likeness (QED) is 0.171. The van der Waals surface area contributed by atoms with E-state index < -0.39 is 10.5 Å². The Morgan fingerprint density at radius 2 is 1.52 bits per heavy atom. The smallest absolute Gasteiger partial charge is 0.435 e. The third-order valence-electron chi connectivity index (χ3n) is 7.81. The van der Waals surface area contributed by atoms with Crippen molar-refractivity contribution >= 4 is 5.95 Å². The predicted molar refractivity (Wildman–Crippen MR) is 172 cm³/mol. The topological polar surface area (TPSA) is 99.7 Å². The van der Waals surface area contributed by atoms with E-state index in [1.165, 1.54) is 39.2 Å². The predicted octanol–water partition coefficient (Wildman–Crippen LogP) is 8.13. The Morgan fingerprint density at radius 1 is 0.976 bits per heavy atom. The van der Waals surface area contributed by atoms with Gasteiger partial charge in [-0.2, -0.15) is 0 Å². The summed E-state index contributed by atoms with van der Waals surface area (Å²) in [5, 5.41) is 19.5. The molecule has 2 aromatic carbocycles. The SMILES string of the molecule is CC.CC(C)(CO)n1ccnc1[N+](=O)[O-].CCC(C)c1ccc(CC(C)C(C)Cc2ccc(OC)c(C)c2)cc1OC. The van der Waals surface area contributed by atoms with Gasteiger partial charge in [-0.15, -0.1) is 0 Å². The molecule has 3 unspecified atom stereocenters. The summed E-state index contributed by atoms with van der Waals surface area (Å²) in [7, 11) is 3.51. The lowest BCUT2D eigenvalue weighted by atomic mass is 9.84. The van der Waals surface area contributed by atoms with Crippen molar-refractivity contribution in [1.29, 1.82) is 0 Å². The first-order valence-corrected chi connectivity index (χ1v) is 15.0. The second kappa shape index (κ2) is 17.5. The second-order valence-corrected chi connectivity index (χ2v) is 11.4. The summed E-state index contributed by atoms with van der Waals surface area (Å²) < 4.78 is 12.4. The van der Waals surface area contributed by atoms with Crippen LogP contribution in [0.4, 0.5) is 5.95 Å². The Labute approximate surface area is 253 Å². The number of methoxy groups -OCH3 is 2. The van der Waals surface area contributed by atoms with Gasteiger partial charge in [-0.25, -0.2) is 4.57 Å². The number of aromatic nitrogens is 2. The lowest BCUT2D eigenvalue weighted by molar-refractivity contribution is -0.398. The fourth-order valence-electron chi connectivity index (χ4n) is 4.70. The molecule has 1 N–H and O–H groups in total. The van der Waals surface area contributed by atoms with Crippen molar-refractivity contribution in [3.63, 3.8) is 0 Å². The van der Waals surface area contributed by atoms with E-state index >= 15 is 0 Å². The van der Waals surface area contributed by atoms with Crippen LogP contribution in [-0.2, 0) is 18.4 Å². The molecular weight excluding hydrogens is 530 g/mol. The molecule has 3 aromatic rings. The number of rotatable bonds is 12. The maximum absolute atomic E-state index is 10.5. The molecule has 0 bridgehead atoms. The normalized spacial score (nSPS) is 13.0. The van der Waals surface area contributed by atoms with Gasteiger partial charge in [0.05, 0.1) is 20.8 Å². The highest BCUT2D eigenvalue weighted by atomic mass is 16.6. The summed E-state index contributed by atoms with van der Waals surface area (Å²) in [5.74, 6) is 3.49. The number of ether oxygens (including phenoxy) is 2. The van der Waals surface area contributed by atoms with Gasteiger partial charge in [0.2, 0.25) is 0 Å². The maximum Gasteiger partial charge on any atom is 0.435 e. The molecule has 0 amide bonds. The Hall–Kier alpha value is -3.39. The van der Waals surface area contributed by atoms with Gasteiger partial charge in [-0.1, -0.05) is 70.8 Å². The van der Waals surface area contributed by atoms with E-state index in [0.29, 0.717) is 17.8 Å². The van der Waals surface area contributed by atoms with E-state index in [4.69, 9.17) is 14.6 Å². The molecule has 0 saturated heterocycles. The maximum atomic E-state index is 10.5. The number of hydrogen-bond acceptors (Lipinski definition) is 6. The largest absolute Gasteiger partial charge is 0.496 e. The summed E-state index contributed by atoms with van der Waals surface area (Å²) in [4.78, 5) is 13.5. The first kappa shape index (κ1) is 36.6. The van der Waals surface area contributed by atoms with Crippen LogP contribution in [0, 0.1) is 28.9 Å². The lowest BCUT2D eigenvalue weighted by Crippen LogP contribution is -2.30. The number of aliphatic hydroxyl groups excluding tert-OH is 1. The highest BCUT2D eigenvalue weighted by Gasteiger charge is 2.29. The summed E-state index contributed by atoms with van der Waals surface area (Å²) in [6, 6.07) is 13.3. The summed E-state index contributed by atoms with van der Waals surface area (Å²) >= 11 is 0. The number of nitro groups is 1. The molecule has 8 nitrogen and oxygen atoms in total. The van der Waals surface area contributed by atoms with Gasteiger partial charge < -0.3 is 24.7 Å². The molecule has 3 atom stereocenters. The molecule has 0 spiro atoms. The molecule has 0 aliphatic heterocycles. The van der Waals surface area contributed by atoms with Gasteiger partial charge in [0.25, 0.3) is 0 Å². The van der Waals surface area contributed by atoms with Crippen LogP contribution in [0.3, 0.4) is 0 Å². The number of hydrogen-bond donors (Lipinski definition) is 1. The van der Waals surface area contributed by atoms with Crippen molar-refractivity contribution in [2.24, 2.45) is 11.8 Å². The molecular formula is C34H53N3O5. The average Bonchev–Trinajstić information content (AvgIpc) is 3.50. The zero-order chi connectivity index (χ0) is 32.0. The summed E-state index contributed by atoms with van der Waals surface area (Å²) in [6.45, 7) is 18.5. The third kappa shape index (κ3) is 10.2. The molecule has 0 fully saturated rings. The molecule has 3 rings (SSSR count). The first-order valence-electron chi connectivity index (χ1n) is 15.0. The molecule has 1 heterocycles. The molecule has 0 saturated carbocycles. The Morgan fingerprint density at radius 3 is 2.00 bits per heavy atom. The number of aryl methyl sites for hydroxylation is 1. The second-order valence-electron chi connectivity index (χ2n) is 11.4. The van der Waals surface area contributed by atoms with Gasteiger partial charge in [0.15, 0.2) is 0 Å². The number of imidazole rings is 1. The highest BCUT2D eigenvalue weighted by Crippen LogP contribution is 2.31. The fraction of sp³-hybridized carbons (Fsp3) is 0.559. The van der Waals surface area contributed by atoms with Crippen LogP contribution in [0.1, 0.15) is 90.0 Å². The number of aliphatic hydroxyl groups is 1. The molecule has 42 heavy (non-hydrogen) atoms.